The van der Waals surface area contributed by atoms with Crippen LogP contribution in [0, 0.1) is 0 Å². The van der Waals surface area contributed by atoms with Gasteiger partial charge >= 0.3 is 0 Å². The molecule has 94 valence electrons. The molecule has 1 fully saturated rings. The quantitative estimate of drug-likeness (QED) is 0.850. The van der Waals surface area contributed by atoms with E-state index in [1.54, 1.807) is 14.2 Å². The van der Waals surface area contributed by atoms with Gasteiger partial charge in [-0.1, -0.05) is 12.1 Å². The molecule has 3 nitrogen and oxygen atoms in total. The SMILES string of the molecule is COc1ccc(C(C)NC2CC(OC)C2)cc1. The molecular formula is C14H21NO2. The van der Waals surface area contributed by atoms with Gasteiger partial charge in [0.25, 0.3) is 0 Å². The third-order valence-corrected chi connectivity index (χ3v) is 3.53. The summed E-state index contributed by atoms with van der Waals surface area (Å²) in [4.78, 5) is 0. The maximum absolute atomic E-state index is 5.28. The van der Waals surface area contributed by atoms with Crippen LogP contribution >= 0.6 is 0 Å². The zero-order valence-electron chi connectivity index (χ0n) is 10.8. The highest BCUT2D eigenvalue weighted by molar-refractivity contribution is 5.28. The summed E-state index contributed by atoms with van der Waals surface area (Å²) in [6, 6.07) is 9.21. The summed E-state index contributed by atoms with van der Waals surface area (Å²) in [7, 11) is 3.48. The zero-order valence-corrected chi connectivity index (χ0v) is 10.8. The van der Waals surface area contributed by atoms with Gasteiger partial charge in [-0.25, -0.2) is 0 Å². The topological polar surface area (TPSA) is 30.5 Å². The highest BCUT2D eigenvalue weighted by Crippen LogP contribution is 2.26. The van der Waals surface area contributed by atoms with E-state index < -0.39 is 0 Å². The van der Waals surface area contributed by atoms with Crippen LogP contribution in [0.25, 0.3) is 0 Å². The number of nitrogens with one attached hydrogen (secondary N) is 1. The van der Waals surface area contributed by atoms with Gasteiger partial charge < -0.3 is 14.8 Å². The van der Waals surface area contributed by atoms with Crippen LogP contribution in [0.1, 0.15) is 31.4 Å². The number of benzene rings is 1. The molecule has 1 aromatic carbocycles. The number of methoxy groups -OCH3 is 2. The Morgan fingerprint density at radius 3 is 2.35 bits per heavy atom. The molecular weight excluding hydrogens is 214 g/mol. The summed E-state index contributed by atoms with van der Waals surface area (Å²) in [6.45, 7) is 2.20. The zero-order chi connectivity index (χ0) is 12.3. The van der Waals surface area contributed by atoms with Crippen LogP contribution in [0.5, 0.6) is 5.75 Å². The van der Waals surface area contributed by atoms with Gasteiger partial charge in [-0.3, -0.25) is 0 Å². The predicted molar refractivity (Wildman–Crippen MR) is 68.4 cm³/mol. The molecule has 1 aromatic rings. The molecule has 1 unspecified atom stereocenters. The fourth-order valence-corrected chi connectivity index (χ4v) is 2.24. The average molecular weight is 235 g/mol. The Balaban J connectivity index is 1.84. The van der Waals surface area contributed by atoms with Gasteiger partial charge in [0.1, 0.15) is 5.75 Å². The van der Waals surface area contributed by atoms with Crippen molar-refractivity contribution in [1.82, 2.24) is 5.32 Å². The first-order valence-electron chi connectivity index (χ1n) is 6.15. The third kappa shape index (κ3) is 2.99. The minimum Gasteiger partial charge on any atom is -0.497 e. The van der Waals surface area contributed by atoms with Crippen LogP contribution in [0.4, 0.5) is 0 Å². The Kier molecular flexibility index (Phi) is 4.02. The smallest absolute Gasteiger partial charge is 0.118 e. The molecule has 0 amide bonds. The van der Waals surface area contributed by atoms with Crippen molar-refractivity contribution >= 4 is 0 Å². The van der Waals surface area contributed by atoms with Crippen molar-refractivity contribution in [3.05, 3.63) is 29.8 Å². The van der Waals surface area contributed by atoms with Crippen LogP contribution in [0.2, 0.25) is 0 Å². The molecule has 0 spiro atoms. The van der Waals surface area contributed by atoms with Crippen molar-refractivity contribution in [3.8, 4) is 5.75 Å². The molecule has 0 aliphatic heterocycles. The Hall–Kier alpha value is -1.06. The van der Waals surface area contributed by atoms with Crippen LogP contribution in [0.15, 0.2) is 24.3 Å². The van der Waals surface area contributed by atoms with Crippen molar-refractivity contribution in [2.75, 3.05) is 14.2 Å². The Bertz CT molecular complexity index is 344. The average Bonchev–Trinajstić information content (AvgIpc) is 2.33. The molecule has 1 saturated carbocycles. The summed E-state index contributed by atoms with van der Waals surface area (Å²) in [6.07, 6.45) is 2.70. The van der Waals surface area contributed by atoms with Gasteiger partial charge in [-0.2, -0.15) is 0 Å². The standard InChI is InChI=1S/C14H21NO2/c1-10(15-12-8-14(9-12)17-3)11-4-6-13(16-2)7-5-11/h4-7,10,12,14-15H,8-9H2,1-3H3. The lowest BCUT2D eigenvalue weighted by molar-refractivity contribution is 0.0147. The molecule has 0 radical (unpaired) electrons. The van der Waals surface area contributed by atoms with Crippen molar-refractivity contribution in [2.24, 2.45) is 0 Å². The highest BCUT2D eigenvalue weighted by atomic mass is 16.5. The van der Waals surface area contributed by atoms with E-state index in [-0.39, 0.29) is 0 Å². The minimum absolute atomic E-state index is 0.378. The second-order valence-corrected chi connectivity index (χ2v) is 4.69. The maximum Gasteiger partial charge on any atom is 0.118 e. The Morgan fingerprint density at radius 1 is 1.18 bits per heavy atom. The first kappa shape index (κ1) is 12.4. The molecule has 0 bridgehead atoms. The van der Waals surface area contributed by atoms with E-state index >= 15 is 0 Å². The third-order valence-electron chi connectivity index (χ3n) is 3.53. The Labute approximate surface area is 103 Å². The molecule has 0 saturated heterocycles. The summed E-state index contributed by atoms with van der Waals surface area (Å²) >= 11 is 0. The largest absolute Gasteiger partial charge is 0.497 e. The summed E-state index contributed by atoms with van der Waals surface area (Å²) in [5.74, 6) is 0.907. The van der Waals surface area contributed by atoms with Crippen LogP contribution in [-0.4, -0.2) is 26.4 Å². The van der Waals surface area contributed by atoms with Gasteiger partial charge in [-0.05, 0) is 37.5 Å². The number of hydrogen-bond acceptors (Lipinski definition) is 3. The van der Waals surface area contributed by atoms with Gasteiger partial charge in [-0.15, -0.1) is 0 Å². The molecule has 0 heterocycles. The first-order chi connectivity index (χ1) is 8.22. The van der Waals surface area contributed by atoms with Crippen molar-refractivity contribution in [3.63, 3.8) is 0 Å². The highest BCUT2D eigenvalue weighted by Gasteiger charge is 2.29. The molecule has 3 heteroatoms. The number of rotatable bonds is 5. The number of hydrogen-bond donors (Lipinski definition) is 1. The summed E-state index contributed by atoms with van der Waals surface area (Å²) < 4.78 is 10.4. The van der Waals surface area contributed by atoms with E-state index in [0.717, 1.165) is 18.6 Å². The molecule has 2 rings (SSSR count). The molecule has 0 aromatic heterocycles. The second kappa shape index (κ2) is 5.52. The van der Waals surface area contributed by atoms with Gasteiger partial charge in [0.2, 0.25) is 0 Å². The molecule has 1 aliphatic rings. The van der Waals surface area contributed by atoms with Gasteiger partial charge in [0.05, 0.1) is 13.2 Å². The summed E-state index contributed by atoms with van der Waals surface area (Å²) in [5.41, 5.74) is 1.30. The molecule has 1 N–H and O–H groups in total. The fourth-order valence-electron chi connectivity index (χ4n) is 2.24. The van der Waals surface area contributed by atoms with E-state index in [0.29, 0.717) is 18.2 Å². The Morgan fingerprint density at radius 2 is 1.82 bits per heavy atom. The van der Waals surface area contributed by atoms with Crippen LogP contribution in [-0.2, 0) is 4.74 Å². The fraction of sp³-hybridized carbons (Fsp3) is 0.571. The van der Waals surface area contributed by atoms with E-state index in [4.69, 9.17) is 9.47 Å². The van der Waals surface area contributed by atoms with Gasteiger partial charge in [0.15, 0.2) is 0 Å². The molecule has 17 heavy (non-hydrogen) atoms. The lowest BCUT2D eigenvalue weighted by atomic mass is 9.88. The lowest BCUT2D eigenvalue weighted by Gasteiger charge is -2.36. The van der Waals surface area contributed by atoms with Crippen molar-refractivity contribution < 1.29 is 9.47 Å². The maximum atomic E-state index is 5.28. The normalized spacial score (nSPS) is 25.1. The molecule has 1 aliphatic carbocycles. The van der Waals surface area contributed by atoms with E-state index in [1.165, 1.54) is 5.56 Å². The van der Waals surface area contributed by atoms with E-state index in [2.05, 4.69) is 24.4 Å². The first-order valence-corrected chi connectivity index (χ1v) is 6.15. The monoisotopic (exact) mass is 235 g/mol. The van der Waals surface area contributed by atoms with E-state index in [1.807, 2.05) is 12.1 Å². The summed E-state index contributed by atoms with van der Waals surface area (Å²) in [5, 5.41) is 3.61. The number of ether oxygens (including phenoxy) is 2. The van der Waals surface area contributed by atoms with Crippen molar-refractivity contribution in [2.45, 2.75) is 38.0 Å². The van der Waals surface area contributed by atoms with Crippen molar-refractivity contribution in [1.29, 1.82) is 0 Å². The second-order valence-electron chi connectivity index (χ2n) is 4.69. The van der Waals surface area contributed by atoms with Crippen LogP contribution < -0.4 is 10.1 Å². The lowest BCUT2D eigenvalue weighted by Crippen LogP contribution is -2.45. The minimum atomic E-state index is 0.378. The van der Waals surface area contributed by atoms with Crippen LogP contribution in [0.3, 0.4) is 0 Å². The molecule has 1 atom stereocenters. The van der Waals surface area contributed by atoms with E-state index in [9.17, 15) is 0 Å². The predicted octanol–water partition coefficient (Wildman–Crippen LogP) is 2.52. The van der Waals surface area contributed by atoms with Gasteiger partial charge in [0, 0.05) is 19.2 Å².